The highest BCUT2D eigenvalue weighted by molar-refractivity contribution is 5.93. The van der Waals surface area contributed by atoms with E-state index in [2.05, 4.69) is 11.4 Å². The lowest BCUT2D eigenvalue weighted by molar-refractivity contribution is -0.120. The van der Waals surface area contributed by atoms with Crippen LogP contribution >= 0.6 is 0 Å². The molecular weight excluding hydrogens is 236 g/mol. The number of anilines is 1. The second-order valence-electron chi connectivity index (χ2n) is 5.32. The lowest BCUT2D eigenvalue weighted by atomic mass is 9.99. The average molecular weight is 256 g/mol. The minimum atomic E-state index is 0.111. The van der Waals surface area contributed by atoms with Crippen LogP contribution in [0.2, 0.25) is 0 Å². The average Bonchev–Trinajstić information content (AvgIpc) is 2.70. The minimum Gasteiger partial charge on any atom is -0.326 e. The molecule has 0 saturated heterocycles. The number of hydrogen-bond donors (Lipinski definition) is 1. The molecule has 0 atom stereocenters. The number of benzene rings is 1. The molecule has 1 amide bonds. The fraction of sp³-hybridized carbons (Fsp3) is 0.500. The van der Waals surface area contributed by atoms with Crippen LogP contribution in [0.3, 0.4) is 0 Å². The Balaban J connectivity index is 2.07. The summed E-state index contributed by atoms with van der Waals surface area (Å²) < 4.78 is 0. The van der Waals surface area contributed by atoms with Gasteiger partial charge in [-0.25, -0.2) is 0 Å². The Bertz CT molecular complexity index is 494. The van der Waals surface area contributed by atoms with Crippen molar-refractivity contribution in [1.82, 2.24) is 0 Å². The Labute approximate surface area is 114 Å². The molecule has 0 heterocycles. The quantitative estimate of drug-likeness (QED) is 0.819. The fourth-order valence-corrected chi connectivity index (χ4v) is 2.60. The minimum absolute atomic E-state index is 0.111. The molecule has 1 aliphatic rings. The van der Waals surface area contributed by atoms with Crippen LogP contribution in [0.25, 0.3) is 0 Å². The number of nitrogens with zero attached hydrogens (tertiary/aromatic N) is 1. The molecule has 1 fully saturated rings. The Morgan fingerprint density at radius 1 is 1.26 bits per heavy atom. The normalized spacial score (nSPS) is 16.4. The van der Waals surface area contributed by atoms with E-state index in [0.29, 0.717) is 5.56 Å². The first-order chi connectivity index (χ1) is 9.20. The molecule has 100 valence electrons. The van der Waals surface area contributed by atoms with Crippen LogP contribution in [0.1, 0.15) is 49.7 Å². The van der Waals surface area contributed by atoms with Crippen molar-refractivity contribution in [1.29, 1.82) is 5.26 Å². The van der Waals surface area contributed by atoms with Crippen molar-refractivity contribution in [3.05, 3.63) is 29.3 Å². The smallest absolute Gasteiger partial charge is 0.227 e. The van der Waals surface area contributed by atoms with Gasteiger partial charge < -0.3 is 5.32 Å². The van der Waals surface area contributed by atoms with Gasteiger partial charge in [0, 0.05) is 11.6 Å². The van der Waals surface area contributed by atoms with Crippen molar-refractivity contribution in [2.45, 2.75) is 45.4 Å². The van der Waals surface area contributed by atoms with Gasteiger partial charge in [0.1, 0.15) is 0 Å². The Morgan fingerprint density at radius 3 is 2.58 bits per heavy atom. The Morgan fingerprint density at radius 2 is 1.95 bits per heavy atom. The molecular formula is C16H20N2O. The highest BCUT2D eigenvalue weighted by Gasteiger charge is 2.20. The van der Waals surface area contributed by atoms with E-state index in [4.69, 9.17) is 5.26 Å². The second kappa shape index (κ2) is 6.38. The number of aryl methyl sites for hydroxylation is 1. The molecule has 1 saturated carbocycles. The van der Waals surface area contributed by atoms with Gasteiger partial charge in [-0.05, 0) is 37.5 Å². The summed E-state index contributed by atoms with van der Waals surface area (Å²) in [4.78, 5) is 12.3. The van der Waals surface area contributed by atoms with E-state index in [1.807, 2.05) is 13.0 Å². The highest BCUT2D eigenvalue weighted by Crippen LogP contribution is 2.25. The number of rotatable bonds is 2. The summed E-state index contributed by atoms with van der Waals surface area (Å²) in [5.41, 5.74) is 2.36. The molecule has 1 N–H and O–H groups in total. The first kappa shape index (κ1) is 13.6. The summed E-state index contributed by atoms with van der Waals surface area (Å²) in [6, 6.07) is 7.51. The summed E-state index contributed by atoms with van der Waals surface area (Å²) in [7, 11) is 0. The molecule has 0 radical (unpaired) electrons. The predicted molar refractivity (Wildman–Crippen MR) is 75.7 cm³/mol. The van der Waals surface area contributed by atoms with Crippen molar-refractivity contribution in [2.24, 2.45) is 5.92 Å². The lowest BCUT2D eigenvalue weighted by Crippen LogP contribution is -2.22. The van der Waals surface area contributed by atoms with Gasteiger partial charge in [-0.1, -0.05) is 31.7 Å². The van der Waals surface area contributed by atoms with Crippen LogP contribution in [-0.2, 0) is 4.79 Å². The van der Waals surface area contributed by atoms with Crippen molar-refractivity contribution >= 4 is 11.6 Å². The van der Waals surface area contributed by atoms with Crippen LogP contribution in [0.5, 0.6) is 0 Å². The topological polar surface area (TPSA) is 52.9 Å². The zero-order valence-electron chi connectivity index (χ0n) is 11.4. The molecule has 0 aliphatic heterocycles. The van der Waals surface area contributed by atoms with Gasteiger partial charge in [-0.2, -0.15) is 5.26 Å². The van der Waals surface area contributed by atoms with E-state index in [1.54, 1.807) is 12.1 Å². The predicted octanol–water partition coefficient (Wildman–Crippen LogP) is 3.78. The largest absolute Gasteiger partial charge is 0.326 e. The van der Waals surface area contributed by atoms with Crippen LogP contribution in [0, 0.1) is 24.2 Å². The van der Waals surface area contributed by atoms with Gasteiger partial charge in [-0.15, -0.1) is 0 Å². The molecule has 1 aromatic carbocycles. The first-order valence-electron chi connectivity index (χ1n) is 7.02. The molecule has 0 unspecified atom stereocenters. The van der Waals surface area contributed by atoms with E-state index >= 15 is 0 Å². The number of hydrogen-bond acceptors (Lipinski definition) is 2. The monoisotopic (exact) mass is 256 g/mol. The lowest BCUT2D eigenvalue weighted by Gasteiger charge is -2.15. The summed E-state index contributed by atoms with van der Waals surface area (Å²) in [5, 5.41) is 11.9. The van der Waals surface area contributed by atoms with Crippen molar-refractivity contribution in [3.63, 3.8) is 0 Å². The van der Waals surface area contributed by atoms with Gasteiger partial charge in [0.15, 0.2) is 0 Å². The number of amides is 1. The van der Waals surface area contributed by atoms with Gasteiger partial charge >= 0.3 is 0 Å². The van der Waals surface area contributed by atoms with Gasteiger partial charge in [0.05, 0.1) is 11.6 Å². The maximum absolute atomic E-state index is 12.3. The standard InChI is InChI=1S/C16H20N2O/c1-12-8-9-13(11-17)10-15(12)18-16(19)14-6-4-2-3-5-7-14/h8-10,14H,2-7H2,1H3,(H,18,19). The van der Waals surface area contributed by atoms with Crippen molar-refractivity contribution in [3.8, 4) is 6.07 Å². The third kappa shape index (κ3) is 3.57. The number of carbonyl (C=O) groups is 1. The summed E-state index contributed by atoms with van der Waals surface area (Å²) >= 11 is 0. The van der Waals surface area contributed by atoms with E-state index in [9.17, 15) is 4.79 Å². The highest BCUT2D eigenvalue weighted by atomic mass is 16.1. The molecule has 3 nitrogen and oxygen atoms in total. The Kier molecular flexibility index (Phi) is 4.57. The third-order valence-electron chi connectivity index (χ3n) is 3.85. The van der Waals surface area contributed by atoms with Crippen molar-refractivity contribution < 1.29 is 4.79 Å². The molecule has 2 rings (SSSR count). The maximum Gasteiger partial charge on any atom is 0.227 e. The van der Waals surface area contributed by atoms with E-state index in [0.717, 1.165) is 36.9 Å². The maximum atomic E-state index is 12.3. The second-order valence-corrected chi connectivity index (χ2v) is 5.32. The zero-order valence-corrected chi connectivity index (χ0v) is 11.4. The number of carbonyl (C=O) groups excluding carboxylic acids is 1. The number of nitrogens with one attached hydrogen (secondary N) is 1. The summed E-state index contributed by atoms with van der Waals surface area (Å²) in [6.07, 6.45) is 6.76. The molecule has 0 aromatic heterocycles. The third-order valence-corrected chi connectivity index (χ3v) is 3.85. The number of nitriles is 1. The van der Waals surface area contributed by atoms with Gasteiger partial charge in [0.2, 0.25) is 5.91 Å². The summed E-state index contributed by atoms with van der Waals surface area (Å²) in [6.45, 7) is 1.95. The van der Waals surface area contributed by atoms with Crippen LogP contribution in [-0.4, -0.2) is 5.91 Å². The molecule has 1 aromatic rings. The fourth-order valence-electron chi connectivity index (χ4n) is 2.60. The van der Waals surface area contributed by atoms with Crippen molar-refractivity contribution in [2.75, 3.05) is 5.32 Å². The molecule has 0 spiro atoms. The zero-order chi connectivity index (χ0) is 13.7. The van der Waals surface area contributed by atoms with E-state index < -0.39 is 0 Å². The van der Waals surface area contributed by atoms with Crippen LogP contribution in [0.4, 0.5) is 5.69 Å². The van der Waals surface area contributed by atoms with E-state index in [-0.39, 0.29) is 11.8 Å². The van der Waals surface area contributed by atoms with Crippen LogP contribution in [0.15, 0.2) is 18.2 Å². The van der Waals surface area contributed by atoms with Gasteiger partial charge in [-0.3, -0.25) is 4.79 Å². The SMILES string of the molecule is Cc1ccc(C#N)cc1NC(=O)C1CCCCCC1. The first-order valence-corrected chi connectivity index (χ1v) is 7.02. The van der Waals surface area contributed by atoms with E-state index in [1.165, 1.54) is 12.8 Å². The van der Waals surface area contributed by atoms with Gasteiger partial charge in [0.25, 0.3) is 0 Å². The van der Waals surface area contributed by atoms with Crippen LogP contribution < -0.4 is 5.32 Å². The summed E-state index contributed by atoms with van der Waals surface area (Å²) in [5.74, 6) is 0.243. The molecule has 0 bridgehead atoms. The molecule has 1 aliphatic carbocycles. The Hall–Kier alpha value is -1.82. The molecule has 19 heavy (non-hydrogen) atoms. The molecule has 3 heteroatoms.